The molecule has 0 aliphatic carbocycles. The fourth-order valence-corrected chi connectivity index (χ4v) is 3.50. The SMILES string of the molecule is N#CC(NC(=O)Cc1ccc(C(=O)O)cc1)c1ccccc1N1CCCCC1. The van der Waals surface area contributed by atoms with Crippen molar-refractivity contribution in [2.75, 3.05) is 18.0 Å². The Hall–Kier alpha value is -3.33. The lowest BCUT2D eigenvalue weighted by molar-refractivity contribution is -0.120. The number of benzene rings is 2. The van der Waals surface area contributed by atoms with Crippen LogP contribution < -0.4 is 10.2 Å². The van der Waals surface area contributed by atoms with Gasteiger partial charge >= 0.3 is 5.97 Å². The van der Waals surface area contributed by atoms with Crippen molar-refractivity contribution < 1.29 is 14.7 Å². The summed E-state index contributed by atoms with van der Waals surface area (Å²) in [7, 11) is 0. The van der Waals surface area contributed by atoms with Crippen molar-refractivity contribution in [2.24, 2.45) is 0 Å². The molecule has 0 saturated carbocycles. The van der Waals surface area contributed by atoms with Crippen molar-refractivity contribution in [1.29, 1.82) is 5.26 Å². The molecule has 3 rings (SSSR count). The maximum absolute atomic E-state index is 12.5. The Morgan fingerprint density at radius 2 is 1.75 bits per heavy atom. The van der Waals surface area contributed by atoms with E-state index in [9.17, 15) is 14.9 Å². The molecule has 1 heterocycles. The van der Waals surface area contributed by atoms with Gasteiger partial charge in [-0.25, -0.2) is 4.79 Å². The Bertz CT molecular complexity index is 881. The highest BCUT2D eigenvalue weighted by Crippen LogP contribution is 2.28. The minimum Gasteiger partial charge on any atom is -0.478 e. The molecule has 2 N–H and O–H groups in total. The number of aromatic carboxylic acids is 1. The van der Waals surface area contributed by atoms with Gasteiger partial charge in [0.05, 0.1) is 18.1 Å². The summed E-state index contributed by atoms with van der Waals surface area (Å²) in [6, 6.07) is 15.4. The van der Waals surface area contributed by atoms with Crippen molar-refractivity contribution in [3.05, 3.63) is 65.2 Å². The Balaban J connectivity index is 1.71. The second kappa shape index (κ2) is 9.05. The smallest absolute Gasteiger partial charge is 0.335 e. The number of carboxylic acid groups (broad SMARTS) is 1. The van der Waals surface area contributed by atoms with Gasteiger partial charge in [0.1, 0.15) is 6.04 Å². The Kier molecular flexibility index (Phi) is 6.28. The van der Waals surface area contributed by atoms with E-state index in [-0.39, 0.29) is 17.9 Å². The molecule has 2 aromatic rings. The highest BCUT2D eigenvalue weighted by atomic mass is 16.4. The molecular formula is C22H23N3O3. The zero-order chi connectivity index (χ0) is 19.9. The zero-order valence-electron chi connectivity index (χ0n) is 15.6. The highest BCUT2D eigenvalue weighted by molar-refractivity contribution is 5.87. The Morgan fingerprint density at radius 1 is 1.07 bits per heavy atom. The van der Waals surface area contributed by atoms with Crippen molar-refractivity contribution in [3.8, 4) is 6.07 Å². The molecule has 28 heavy (non-hydrogen) atoms. The number of nitrogens with one attached hydrogen (secondary N) is 1. The van der Waals surface area contributed by atoms with Crippen LogP contribution in [0.5, 0.6) is 0 Å². The second-order valence-corrected chi connectivity index (χ2v) is 6.92. The molecule has 1 fully saturated rings. The lowest BCUT2D eigenvalue weighted by Gasteiger charge is -2.31. The summed E-state index contributed by atoms with van der Waals surface area (Å²) in [4.78, 5) is 25.7. The lowest BCUT2D eigenvalue weighted by atomic mass is 10.0. The van der Waals surface area contributed by atoms with Gasteiger partial charge in [0.2, 0.25) is 5.91 Å². The molecule has 1 aliphatic heterocycles. The second-order valence-electron chi connectivity index (χ2n) is 6.92. The van der Waals surface area contributed by atoms with Crippen LogP contribution in [-0.2, 0) is 11.2 Å². The summed E-state index contributed by atoms with van der Waals surface area (Å²) in [6.07, 6.45) is 3.57. The van der Waals surface area contributed by atoms with Crippen LogP contribution in [0.25, 0.3) is 0 Å². The van der Waals surface area contributed by atoms with Crippen LogP contribution in [-0.4, -0.2) is 30.1 Å². The first kappa shape index (κ1) is 19.4. The normalized spacial score (nSPS) is 14.8. The van der Waals surface area contributed by atoms with Crippen molar-refractivity contribution in [1.82, 2.24) is 5.32 Å². The number of carbonyl (C=O) groups is 2. The molecular weight excluding hydrogens is 354 g/mol. The number of piperidine rings is 1. The van der Waals surface area contributed by atoms with Crippen molar-refractivity contribution in [3.63, 3.8) is 0 Å². The zero-order valence-corrected chi connectivity index (χ0v) is 15.6. The minimum absolute atomic E-state index is 0.0873. The van der Waals surface area contributed by atoms with E-state index < -0.39 is 12.0 Å². The predicted octanol–water partition coefficient (Wildman–Crippen LogP) is 3.30. The highest BCUT2D eigenvalue weighted by Gasteiger charge is 2.21. The quantitative estimate of drug-likeness (QED) is 0.806. The fourth-order valence-electron chi connectivity index (χ4n) is 3.50. The summed E-state index contributed by atoms with van der Waals surface area (Å²) in [5.74, 6) is -1.28. The number of carboxylic acids is 1. The van der Waals surface area contributed by atoms with Gasteiger partial charge in [0.25, 0.3) is 0 Å². The van der Waals surface area contributed by atoms with Crippen LogP contribution in [0.1, 0.15) is 46.8 Å². The maximum Gasteiger partial charge on any atom is 0.335 e. The molecule has 0 radical (unpaired) electrons. The summed E-state index contributed by atoms with van der Waals surface area (Å²) >= 11 is 0. The number of nitriles is 1. The van der Waals surface area contributed by atoms with Crippen LogP contribution >= 0.6 is 0 Å². The molecule has 1 aliphatic rings. The van der Waals surface area contributed by atoms with E-state index in [2.05, 4.69) is 16.3 Å². The molecule has 0 spiro atoms. The topological polar surface area (TPSA) is 93.4 Å². The van der Waals surface area contributed by atoms with Crippen LogP contribution in [0.2, 0.25) is 0 Å². The van der Waals surface area contributed by atoms with Gasteiger partial charge in [0.15, 0.2) is 0 Å². The van der Waals surface area contributed by atoms with E-state index in [0.29, 0.717) is 5.56 Å². The van der Waals surface area contributed by atoms with E-state index in [1.165, 1.54) is 18.6 Å². The van der Waals surface area contributed by atoms with Gasteiger partial charge in [-0.3, -0.25) is 4.79 Å². The van der Waals surface area contributed by atoms with E-state index in [1.807, 2.05) is 24.3 Å². The third kappa shape index (κ3) is 4.68. The van der Waals surface area contributed by atoms with Gasteiger partial charge in [-0.1, -0.05) is 30.3 Å². The van der Waals surface area contributed by atoms with Gasteiger partial charge in [0, 0.05) is 24.3 Å². The number of hydrogen-bond donors (Lipinski definition) is 2. The number of carbonyl (C=O) groups excluding carboxylic acids is 1. The first-order valence-corrected chi connectivity index (χ1v) is 9.43. The number of amides is 1. The van der Waals surface area contributed by atoms with E-state index in [0.717, 1.165) is 37.2 Å². The van der Waals surface area contributed by atoms with E-state index in [4.69, 9.17) is 5.11 Å². The molecule has 6 heteroatoms. The summed E-state index contributed by atoms with van der Waals surface area (Å²) in [5.41, 5.74) is 2.68. The molecule has 1 amide bonds. The standard InChI is InChI=1S/C22H23N3O3/c23-15-19(18-6-2-3-7-20(18)25-12-4-1-5-13-25)24-21(26)14-16-8-10-17(11-9-16)22(27)28/h2-3,6-11,19H,1,4-5,12-14H2,(H,24,26)(H,27,28). The van der Waals surface area contributed by atoms with Gasteiger partial charge in [-0.05, 0) is 43.0 Å². The van der Waals surface area contributed by atoms with Crippen molar-refractivity contribution >= 4 is 17.6 Å². The summed E-state index contributed by atoms with van der Waals surface area (Å²) < 4.78 is 0. The largest absolute Gasteiger partial charge is 0.478 e. The Morgan fingerprint density at radius 3 is 2.39 bits per heavy atom. The van der Waals surface area contributed by atoms with Crippen LogP contribution in [0.4, 0.5) is 5.69 Å². The van der Waals surface area contributed by atoms with E-state index >= 15 is 0 Å². The number of rotatable bonds is 6. The fraction of sp³-hybridized carbons (Fsp3) is 0.318. The van der Waals surface area contributed by atoms with E-state index in [1.54, 1.807) is 12.1 Å². The average molecular weight is 377 g/mol. The molecule has 2 aromatic carbocycles. The molecule has 1 unspecified atom stereocenters. The maximum atomic E-state index is 12.5. The summed E-state index contributed by atoms with van der Waals surface area (Å²) in [6.45, 7) is 1.91. The number of hydrogen-bond acceptors (Lipinski definition) is 4. The molecule has 6 nitrogen and oxygen atoms in total. The monoisotopic (exact) mass is 377 g/mol. The molecule has 1 atom stereocenters. The average Bonchev–Trinajstić information content (AvgIpc) is 2.73. The van der Waals surface area contributed by atoms with Crippen LogP contribution in [0.15, 0.2) is 48.5 Å². The summed E-state index contributed by atoms with van der Waals surface area (Å²) in [5, 5.41) is 21.4. The molecule has 0 bridgehead atoms. The molecule has 1 saturated heterocycles. The number of para-hydroxylation sites is 1. The van der Waals surface area contributed by atoms with Crippen LogP contribution in [0, 0.1) is 11.3 Å². The van der Waals surface area contributed by atoms with Gasteiger partial charge in [-0.2, -0.15) is 5.26 Å². The number of nitrogens with zero attached hydrogens (tertiary/aromatic N) is 2. The minimum atomic E-state index is -1.00. The molecule has 0 aromatic heterocycles. The number of anilines is 1. The van der Waals surface area contributed by atoms with Gasteiger partial charge in [-0.15, -0.1) is 0 Å². The predicted molar refractivity (Wildman–Crippen MR) is 106 cm³/mol. The third-order valence-corrected chi connectivity index (χ3v) is 4.94. The lowest BCUT2D eigenvalue weighted by Crippen LogP contribution is -2.33. The van der Waals surface area contributed by atoms with Crippen LogP contribution in [0.3, 0.4) is 0 Å². The van der Waals surface area contributed by atoms with Gasteiger partial charge < -0.3 is 15.3 Å². The van der Waals surface area contributed by atoms with Crippen molar-refractivity contribution in [2.45, 2.75) is 31.7 Å². The first-order valence-electron chi connectivity index (χ1n) is 9.43. The molecule has 144 valence electrons. The third-order valence-electron chi connectivity index (χ3n) is 4.94. The Labute approximate surface area is 164 Å². The first-order chi connectivity index (χ1) is 13.6.